The second-order valence-electron chi connectivity index (χ2n) is 4.32. The number of non-ortho nitro benzene ring substituents is 1. The number of carbonyl (C=O) groups is 2. The maximum atomic E-state index is 11.9. The molecule has 0 spiro atoms. The molecule has 7 heteroatoms. The van der Waals surface area contributed by atoms with Gasteiger partial charge in [-0.25, -0.2) is 0 Å². The highest BCUT2D eigenvalue weighted by Crippen LogP contribution is 2.12. The number of aryl methyl sites for hydroxylation is 1. The Labute approximate surface area is 119 Å². The number of hydrogen-bond acceptors (Lipinski definition) is 5. The number of nitrogens with zero attached hydrogens (tertiary/aromatic N) is 1. The first-order valence-corrected chi connectivity index (χ1v) is 6.09. The summed E-state index contributed by atoms with van der Waals surface area (Å²) < 4.78 is 5.13. The lowest BCUT2D eigenvalue weighted by molar-refractivity contribution is -0.384. The van der Waals surface area contributed by atoms with E-state index in [9.17, 15) is 19.7 Å². The number of nitro benzene ring substituents is 1. The SMILES string of the molecule is Cc1ccc(C(=O)NCC(=O)c2ccc([N+](=O)[O-])cc2)o1. The van der Waals surface area contributed by atoms with E-state index in [1.807, 2.05) is 0 Å². The van der Waals surface area contributed by atoms with Crippen molar-refractivity contribution in [2.24, 2.45) is 0 Å². The minimum Gasteiger partial charge on any atom is -0.456 e. The quantitative estimate of drug-likeness (QED) is 0.515. The standard InChI is InChI=1S/C14H12N2O5/c1-9-2-7-13(21-9)14(18)15-8-12(17)10-3-5-11(6-4-10)16(19)20/h2-7H,8H2,1H3,(H,15,18). The monoisotopic (exact) mass is 288 g/mol. The maximum Gasteiger partial charge on any atom is 0.287 e. The minimum absolute atomic E-state index is 0.0957. The molecule has 0 radical (unpaired) electrons. The maximum absolute atomic E-state index is 11.9. The molecule has 1 aromatic carbocycles. The Morgan fingerprint density at radius 2 is 1.86 bits per heavy atom. The Balaban J connectivity index is 1.95. The van der Waals surface area contributed by atoms with Crippen molar-refractivity contribution in [3.8, 4) is 0 Å². The molecule has 1 amide bonds. The molecule has 1 aromatic heterocycles. The van der Waals surface area contributed by atoms with Gasteiger partial charge in [-0.15, -0.1) is 0 Å². The predicted octanol–water partition coefficient (Wildman–Crippen LogP) is 2.11. The van der Waals surface area contributed by atoms with Gasteiger partial charge in [-0.05, 0) is 31.2 Å². The van der Waals surface area contributed by atoms with E-state index in [0.717, 1.165) is 0 Å². The van der Waals surface area contributed by atoms with Gasteiger partial charge >= 0.3 is 0 Å². The molecule has 21 heavy (non-hydrogen) atoms. The van der Waals surface area contributed by atoms with Crippen LogP contribution in [0.5, 0.6) is 0 Å². The Kier molecular flexibility index (Phi) is 4.13. The van der Waals surface area contributed by atoms with Crippen molar-refractivity contribution in [3.05, 3.63) is 63.6 Å². The number of rotatable bonds is 5. The summed E-state index contributed by atoms with van der Waals surface area (Å²) in [6.45, 7) is 1.50. The molecule has 108 valence electrons. The number of Topliss-reactive ketones (excluding diaryl/α,β-unsaturated/α-hetero) is 1. The van der Waals surface area contributed by atoms with Gasteiger partial charge in [0.25, 0.3) is 11.6 Å². The van der Waals surface area contributed by atoms with Crippen LogP contribution in [0, 0.1) is 17.0 Å². The number of furan rings is 1. The molecule has 2 aromatic rings. The molecule has 0 aliphatic rings. The second kappa shape index (κ2) is 6.00. The van der Waals surface area contributed by atoms with Crippen molar-refractivity contribution in [1.29, 1.82) is 0 Å². The molecule has 0 saturated carbocycles. The molecular formula is C14H12N2O5. The van der Waals surface area contributed by atoms with Crippen molar-refractivity contribution in [3.63, 3.8) is 0 Å². The van der Waals surface area contributed by atoms with Crippen molar-refractivity contribution >= 4 is 17.4 Å². The van der Waals surface area contributed by atoms with E-state index >= 15 is 0 Å². The Morgan fingerprint density at radius 3 is 2.38 bits per heavy atom. The zero-order valence-electron chi connectivity index (χ0n) is 11.2. The van der Waals surface area contributed by atoms with E-state index in [2.05, 4.69) is 5.32 Å². The van der Waals surface area contributed by atoms with Crippen molar-refractivity contribution in [2.45, 2.75) is 6.92 Å². The van der Waals surface area contributed by atoms with Crippen LogP contribution in [0.3, 0.4) is 0 Å². The van der Waals surface area contributed by atoms with E-state index in [-0.39, 0.29) is 29.3 Å². The van der Waals surface area contributed by atoms with Gasteiger partial charge in [0.2, 0.25) is 0 Å². The summed E-state index contributed by atoms with van der Waals surface area (Å²) in [5, 5.41) is 12.9. The van der Waals surface area contributed by atoms with E-state index in [4.69, 9.17) is 4.42 Å². The Bertz CT molecular complexity index is 688. The van der Waals surface area contributed by atoms with E-state index < -0.39 is 10.8 Å². The van der Waals surface area contributed by atoms with Crippen molar-refractivity contribution in [1.82, 2.24) is 5.32 Å². The number of nitro groups is 1. The first-order chi connectivity index (χ1) is 9.97. The Morgan fingerprint density at radius 1 is 1.19 bits per heavy atom. The summed E-state index contributed by atoms with van der Waals surface area (Å²) in [4.78, 5) is 33.5. The molecule has 0 aliphatic carbocycles. The average Bonchev–Trinajstić information content (AvgIpc) is 2.91. The molecule has 0 aliphatic heterocycles. The molecule has 0 bridgehead atoms. The van der Waals surface area contributed by atoms with Crippen LogP contribution in [0.1, 0.15) is 26.7 Å². The van der Waals surface area contributed by atoms with Crippen LogP contribution in [0.2, 0.25) is 0 Å². The molecule has 1 N–H and O–H groups in total. The number of ketones is 1. The highest BCUT2D eigenvalue weighted by molar-refractivity contribution is 6.01. The van der Waals surface area contributed by atoms with Gasteiger partial charge in [0.1, 0.15) is 5.76 Å². The first-order valence-electron chi connectivity index (χ1n) is 6.09. The molecule has 2 rings (SSSR count). The molecular weight excluding hydrogens is 276 g/mol. The molecule has 1 heterocycles. The number of hydrogen-bond donors (Lipinski definition) is 1. The largest absolute Gasteiger partial charge is 0.456 e. The Hall–Kier alpha value is -2.96. The van der Waals surface area contributed by atoms with Gasteiger partial charge < -0.3 is 9.73 Å². The first kappa shape index (κ1) is 14.4. The summed E-state index contributed by atoms with van der Waals surface area (Å²) >= 11 is 0. The van der Waals surface area contributed by atoms with Crippen LogP contribution in [0.4, 0.5) is 5.69 Å². The second-order valence-corrected chi connectivity index (χ2v) is 4.32. The summed E-state index contributed by atoms with van der Waals surface area (Å²) in [5.74, 6) is -0.106. The third-order valence-corrected chi connectivity index (χ3v) is 2.77. The zero-order valence-corrected chi connectivity index (χ0v) is 11.2. The number of carbonyl (C=O) groups excluding carboxylic acids is 2. The lowest BCUT2D eigenvalue weighted by Crippen LogP contribution is -2.29. The summed E-state index contributed by atoms with van der Waals surface area (Å²) in [6.07, 6.45) is 0. The predicted molar refractivity (Wildman–Crippen MR) is 73.2 cm³/mol. The summed E-state index contributed by atoms with van der Waals surface area (Å²) in [7, 11) is 0. The minimum atomic E-state index is -0.546. The third kappa shape index (κ3) is 3.53. The third-order valence-electron chi connectivity index (χ3n) is 2.77. The van der Waals surface area contributed by atoms with Gasteiger partial charge in [-0.1, -0.05) is 0 Å². The number of amides is 1. The van der Waals surface area contributed by atoms with Crippen LogP contribution >= 0.6 is 0 Å². The fraction of sp³-hybridized carbons (Fsp3) is 0.143. The van der Waals surface area contributed by atoms with Gasteiger partial charge in [-0.3, -0.25) is 19.7 Å². The fourth-order valence-electron chi connectivity index (χ4n) is 1.68. The van der Waals surface area contributed by atoms with Crippen LogP contribution < -0.4 is 5.32 Å². The lowest BCUT2D eigenvalue weighted by Gasteiger charge is -2.03. The van der Waals surface area contributed by atoms with Crippen molar-refractivity contribution < 1.29 is 18.9 Å². The lowest BCUT2D eigenvalue weighted by atomic mass is 10.1. The molecule has 0 fully saturated rings. The highest BCUT2D eigenvalue weighted by atomic mass is 16.6. The van der Waals surface area contributed by atoms with E-state index in [1.165, 1.54) is 30.3 Å². The van der Waals surface area contributed by atoms with Gasteiger partial charge in [0, 0.05) is 17.7 Å². The molecule has 0 saturated heterocycles. The molecule has 0 unspecified atom stereocenters. The number of benzene rings is 1. The van der Waals surface area contributed by atoms with Crippen LogP contribution in [0.15, 0.2) is 40.8 Å². The molecule has 0 atom stereocenters. The summed E-state index contributed by atoms with van der Waals surface area (Å²) in [5.41, 5.74) is 0.193. The normalized spacial score (nSPS) is 10.1. The summed E-state index contributed by atoms with van der Waals surface area (Å²) in [6, 6.07) is 8.34. The fourth-order valence-corrected chi connectivity index (χ4v) is 1.68. The van der Waals surface area contributed by atoms with E-state index in [0.29, 0.717) is 5.76 Å². The zero-order chi connectivity index (χ0) is 15.4. The number of nitrogens with one attached hydrogen (secondary N) is 1. The van der Waals surface area contributed by atoms with Crippen LogP contribution in [-0.2, 0) is 0 Å². The van der Waals surface area contributed by atoms with Crippen molar-refractivity contribution in [2.75, 3.05) is 6.54 Å². The van der Waals surface area contributed by atoms with Gasteiger partial charge in [0.05, 0.1) is 11.5 Å². The van der Waals surface area contributed by atoms with Gasteiger partial charge in [0.15, 0.2) is 11.5 Å². The molecule has 7 nitrogen and oxygen atoms in total. The van der Waals surface area contributed by atoms with Crippen LogP contribution in [0.25, 0.3) is 0 Å². The topological polar surface area (TPSA) is 102 Å². The average molecular weight is 288 g/mol. The van der Waals surface area contributed by atoms with E-state index in [1.54, 1.807) is 13.0 Å². The highest BCUT2D eigenvalue weighted by Gasteiger charge is 2.13. The smallest absolute Gasteiger partial charge is 0.287 e. The van der Waals surface area contributed by atoms with Gasteiger partial charge in [-0.2, -0.15) is 0 Å². The van der Waals surface area contributed by atoms with Crippen LogP contribution in [-0.4, -0.2) is 23.2 Å².